The first-order valence-corrected chi connectivity index (χ1v) is 14.9. The minimum atomic E-state index is -1.27. The molecular formula is C32H35ClFN3O5. The topological polar surface area (TPSA) is 75.0 Å². The van der Waals surface area contributed by atoms with Gasteiger partial charge >= 0.3 is 5.97 Å². The lowest BCUT2D eigenvalue weighted by molar-refractivity contribution is -0.137. The second-order valence-corrected chi connectivity index (χ2v) is 11.5. The van der Waals surface area contributed by atoms with Crippen LogP contribution in [0.4, 0.5) is 4.39 Å². The molecule has 2 saturated heterocycles. The average Bonchev–Trinajstić information content (AvgIpc) is 3.49. The summed E-state index contributed by atoms with van der Waals surface area (Å²) in [5, 5.41) is 0.325. The second-order valence-electron chi connectivity index (χ2n) is 11.1. The van der Waals surface area contributed by atoms with Crippen molar-refractivity contribution in [3.8, 4) is 11.5 Å². The van der Waals surface area contributed by atoms with Crippen LogP contribution in [0, 0.1) is 5.82 Å². The highest BCUT2D eigenvalue weighted by molar-refractivity contribution is 6.30. The molecule has 0 saturated carbocycles. The number of esters is 1. The molecule has 0 amide bonds. The van der Waals surface area contributed by atoms with E-state index in [1.54, 1.807) is 32.1 Å². The van der Waals surface area contributed by atoms with Crippen LogP contribution in [-0.4, -0.2) is 52.8 Å². The van der Waals surface area contributed by atoms with E-state index >= 15 is 0 Å². The first-order chi connectivity index (χ1) is 20.3. The van der Waals surface area contributed by atoms with Crippen molar-refractivity contribution in [2.75, 3.05) is 26.3 Å². The van der Waals surface area contributed by atoms with Crippen molar-refractivity contribution in [3.05, 3.63) is 82.2 Å². The van der Waals surface area contributed by atoms with E-state index in [2.05, 4.69) is 15.5 Å². The molecule has 0 radical (unpaired) electrons. The highest BCUT2D eigenvalue weighted by atomic mass is 35.5. The molecule has 2 atom stereocenters. The summed E-state index contributed by atoms with van der Waals surface area (Å²) in [4.78, 5) is 19.0. The Morgan fingerprint density at radius 1 is 1.21 bits per heavy atom. The number of nitrogens with zero attached hydrogens (tertiary/aromatic N) is 3. The Bertz CT molecular complexity index is 1480. The SMILES string of the molecule is CCOC(=O)/C=C/c1cnc(CN2CCC(c3cccc4c3O[C@@](C)(c3ccc(Cl)cc3F)O4)CC2)n1C[C@@H]1CCO1. The molecule has 222 valence electrons. The molecule has 0 N–H and O–H groups in total. The van der Waals surface area contributed by atoms with Gasteiger partial charge < -0.3 is 23.5 Å². The van der Waals surface area contributed by atoms with E-state index in [-0.39, 0.29) is 18.0 Å². The van der Waals surface area contributed by atoms with Crippen molar-refractivity contribution in [2.45, 2.75) is 64.0 Å². The zero-order valence-corrected chi connectivity index (χ0v) is 24.6. The van der Waals surface area contributed by atoms with E-state index in [4.69, 9.17) is 35.5 Å². The summed E-state index contributed by atoms with van der Waals surface area (Å²) in [6.45, 7) is 7.82. The Hall–Kier alpha value is -3.40. The third-order valence-corrected chi connectivity index (χ3v) is 8.48. The van der Waals surface area contributed by atoms with Gasteiger partial charge in [0, 0.05) is 30.2 Å². The maximum atomic E-state index is 14.8. The number of rotatable bonds is 9. The Kier molecular flexibility index (Phi) is 8.25. The lowest BCUT2D eigenvalue weighted by Gasteiger charge is -2.33. The number of hydrogen-bond donors (Lipinski definition) is 0. The van der Waals surface area contributed by atoms with Crippen LogP contribution in [0.15, 0.2) is 48.7 Å². The molecule has 3 aliphatic heterocycles. The van der Waals surface area contributed by atoms with Crippen molar-refractivity contribution >= 4 is 23.6 Å². The largest absolute Gasteiger partial charge is 0.463 e. The summed E-state index contributed by atoms with van der Waals surface area (Å²) in [5.74, 6) is 0.434. The number of imidazole rings is 1. The summed E-state index contributed by atoms with van der Waals surface area (Å²) in [5.41, 5.74) is 2.25. The van der Waals surface area contributed by atoms with Gasteiger partial charge in [0.2, 0.25) is 0 Å². The van der Waals surface area contributed by atoms with Gasteiger partial charge in [-0.25, -0.2) is 14.2 Å². The van der Waals surface area contributed by atoms with Gasteiger partial charge in [-0.15, -0.1) is 0 Å². The molecule has 42 heavy (non-hydrogen) atoms. The Morgan fingerprint density at radius 2 is 2.02 bits per heavy atom. The number of piperidine rings is 1. The van der Waals surface area contributed by atoms with E-state index in [1.165, 1.54) is 12.1 Å². The second kappa shape index (κ2) is 12.1. The number of para-hydroxylation sites is 1. The molecule has 0 aliphatic carbocycles. The van der Waals surface area contributed by atoms with Crippen molar-refractivity contribution in [3.63, 3.8) is 0 Å². The quantitative estimate of drug-likeness (QED) is 0.220. The molecule has 0 spiro atoms. The van der Waals surface area contributed by atoms with Gasteiger partial charge in [-0.3, -0.25) is 4.90 Å². The van der Waals surface area contributed by atoms with E-state index < -0.39 is 11.6 Å². The number of fused-ring (bicyclic) bond motifs is 1. The van der Waals surface area contributed by atoms with E-state index in [9.17, 15) is 9.18 Å². The zero-order chi connectivity index (χ0) is 29.3. The molecule has 2 fully saturated rings. The summed E-state index contributed by atoms with van der Waals surface area (Å²) in [7, 11) is 0. The number of benzene rings is 2. The van der Waals surface area contributed by atoms with Crippen LogP contribution >= 0.6 is 11.6 Å². The highest BCUT2D eigenvalue weighted by Gasteiger charge is 2.43. The van der Waals surface area contributed by atoms with Gasteiger partial charge in [-0.2, -0.15) is 0 Å². The molecular weight excluding hydrogens is 561 g/mol. The number of likely N-dealkylation sites (tertiary alicyclic amines) is 1. The normalized spacial score (nSPS) is 22.4. The maximum absolute atomic E-state index is 14.8. The number of carbonyl (C=O) groups is 1. The molecule has 3 aromatic rings. The third-order valence-electron chi connectivity index (χ3n) is 8.25. The van der Waals surface area contributed by atoms with Gasteiger partial charge in [0.15, 0.2) is 11.5 Å². The van der Waals surface area contributed by atoms with E-state index in [0.29, 0.717) is 41.8 Å². The van der Waals surface area contributed by atoms with Crippen LogP contribution in [0.3, 0.4) is 0 Å². The van der Waals surface area contributed by atoms with Crippen LogP contribution in [0.5, 0.6) is 11.5 Å². The molecule has 6 rings (SSSR count). The summed E-state index contributed by atoms with van der Waals surface area (Å²) < 4.78 is 40.2. The monoisotopic (exact) mass is 595 g/mol. The van der Waals surface area contributed by atoms with Crippen LogP contribution in [-0.2, 0) is 33.1 Å². The van der Waals surface area contributed by atoms with Crippen molar-refractivity contribution in [1.29, 1.82) is 0 Å². The standard InChI is InChI=1S/C32H35ClFN3O5/c1-3-39-30(38)10-8-23-18-35-29(37(23)19-24-13-16-40-24)20-36-14-11-21(12-15-36)25-5-4-6-28-31(25)42-32(2,41-28)26-9-7-22(33)17-27(26)34/h4-10,17-18,21,24H,3,11-16,19-20H2,1-2H3/b10-8+/t24-,32-/m0/s1. The van der Waals surface area contributed by atoms with Gasteiger partial charge in [0.25, 0.3) is 5.79 Å². The van der Waals surface area contributed by atoms with Gasteiger partial charge in [-0.05, 0) is 75.5 Å². The molecule has 1 aromatic heterocycles. The highest BCUT2D eigenvalue weighted by Crippen LogP contribution is 2.49. The van der Waals surface area contributed by atoms with Gasteiger partial charge in [0.05, 0.1) is 43.3 Å². The Labute approximate surface area is 250 Å². The molecule has 2 aromatic carbocycles. The fraction of sp³-hybridized carbons (Fsp3) is 0.438. The number of ether oxygens (including phenoxy) is 4. The maximum Gasteiger partial charge on any atom is 0.330 e. The van der Waals surface area contributed by atoms with E-state index in [0.717, 1.165) is 56.0 Å². The summed E-state index contributed by atoms with van der Waals surface area (Å²) >= 11 is 5.97. The smallest absolute Gasteiger partial charge is 0.330 e. The predicted octanol–water partition coefficient (Wildman–Crippen LogP) is 6.06. The number of carbonyl (C=O) groups excluding carboxylic acids is 1. The fourth-order valence-electron chi connectivity index (χ4n) is 5.91. The molecule has 10 heteroatoms. The lowest BCUT2D eigenvalue weighted by Crippen LogP contribution is -2.35. The third kappa shape index (κ3) is 5.91. The van der Waals surface area contributed by atoms with E-state index in [1.807, 2.05) is 18.3 Å². The Morgan fingerprint density at radius 3 is 2.74 bits per heavy atom. The first-order valence-electron chi connectivity index (χ1n) is 14.5. The molecule has 0 bridgehead atoms. The minimum Gasteiger partial charge on any atom is -0.463 e. The number of halogens is 2. The Balaban J connectivity index is 1.13. The first kappa shape index (κ1) is 28.7. The number of aromatic nitrogens is 2. The van der Waals surface area contributed by atoms with Crippen molar-refractivity contribution < 1.29 is 28.1 Å². The molecule has 8 nitrogen and oxygen atoms in total. The fourth-order valence-corrected chi connectivity index (χ4v) is 6.07. The van der Waals surface area contributed by atoms with Crippen LogP contribution in [0.1, 0.15) is 61.7 Å². The summed E-state index contributed by atoms with van der Waals surface area (Å²) in [6, 6.07) is 10.5. The molecule has 0 unspecified atom stereocenters. The summed E-state index contributed by atoms with van der Waals surface area (Å²) in [6.07, 6.45) is 8.07. The predicted molar refractivity (Wildman–Crippen MR) is 156 cm³/mol. The zero-order valence-electron chi connectivity index (χ0n) is 23.9. The van der Waals surface area contributed by atoms with Crippen LogP contribution < -0.4 is 9.47 Å². The lowest BCUT2D eigenvalue weighted by atomic mass is 9.88. The average molecular weight is 596 g/mol. The van der Waals surface area contributed by atoms with Gasteiger partial charge in [-0.1, -0.05) is 23.7 Å². The number of hydrogen-bond acceptors (Lipinski definition) is 7. The van der Waals surface area contributed by atoms with Gasteiger partial charge in [0.1, 0.15) is 11.6 Å². The van der Waals surface area contributed by atoms with Crippen molar-refractivity contribution in [1.82, 2.24) is 14.5 Å². The van der Waals surface area contributed by atoms with Crippen LogP contribution in [0.2, 0.25) is 5.02 Å². The molecule has 3 aliphatic rings. The minimum absolute atomic E-state index is 0.160. The van der Waals surface area contributed by atoms with Crippen LogP contribution in [0.25, 0.3) is 6.08 Å². The van der Waals surface area contributed by atoms with Crippen molar-refractivity contribution in [2.24, 2.45) is 0 Å². The molecule has 4 heterocycles.